The van der Waals surface area contributed by atoms with E-state index in [0.29, 0.717) is 17.3 Å². The Labute approximate surface area is 157 Å². The van der Waals surface area contributed by atoms with E-state index in [0.717, 1.165) is 24.2 Å². The first-order chi connectivity index (χ1) is 12.6. The van der Waals surface area contributed by atoms with Gasteiger partial charge in [0.25, 0.3) is 0 Å². The highest BCUT2D eigenvalue weighted by molar-refractivity contribution is 6.39. The smallest absolute Gasteiger partial charge is 0.329 e. The summed E-state index contributed by atoms with van der Waals surface area (Å²) in [5.41, 5.74) is 3.42. The van der Waals surface area contributed by atoms with Crippen LogP contribution in [0.1, 0.15) is 25.3 Å². The molecule has 0 radical (unpaired) electrons. The van der Waals surface area contributed by atoms with Crippen molar-refractivity contribution in [3.05, 3.63) is 59.1 Å². The van der Waals surface area contributed by atoms with Crippen molar-refractivity contribution in [2.75, 3.05) is 11.9 Å². The Morgan fingerprint density at radius 2 is 1.77 bits per heavy atom. The molecule has 0 aliphatic carbocycles. The highest BCUT2D eigenvalue weighted by Crippen LogP contribution is 2.13. The minimum absolute atomic E-state index is 0.470. The van der Waals surface area contributed by atoms with E-state index in [1.807, 2.05) is 24.3 Å². The van der Waals surface area contributed by atoms with Gasteiger partial charge >= 0.3 is 11.8 Å². The summed E-state index contributed by atoms with van der Waals surface area (Å²) in [4.78, 5) is 23.5. The van der Waals surface area contributed by atoms with Gasteiger partial charge in [0.15, 0.2) is 0 Å². The van der Waals surface area contributed by atoms with Crippen LogP contribution in [-0.2, 0) is 9.59 Å². The van der Waals surface area contributed by atoms with Crippen molar-refractivity contribution in [1.82, 2.24) is 5.43 Å². The zero-order chi connectivity index (χ0) is 18.8. The molecule has 0 aromatic heterocycles. The Kier molecular flexibility index (Phi) is 7.64. The van der Waals surface area contributed by atoms with Gasteiger partial charge in [-0.3, -0.25) is 9.59 Å². The molecule has 2 N–H and O–H groups in total. The monoisotopic (exact) mass is 373 g/mol. The Morgan fingerprint density at radius 3 is 2.42 bits per heavy atom. The van der Waals surface area contributed by atoms with Gasteiger partial charge in [0.05, 0.1) is 12.8 Å². The standard InChI is InChI=1S/C19H20ClN3O3/c1-2-3-12-26-17-10-4-14(5-11-17)13-21-23-19(25)18(24)22-16-8-6-15(20)7-9-16/h4-11,13H,2-3,12H2,1H3,(H,22,24)(H,23,25)/b21-13-. The maximum atomic E-state index is 11.8. The fraction of sp³-hybridized carbons (Fsp3) is 0.211. The van der Waals surface area contributed by atoms with Gasteiger partial charge in [0.2, 0.25) is 0 Å². The Balaban J connectivity index is 1.80. The zero-order valence-corrected chi connectivity index (χ0v) is 15.1. The summed E-state index contributed by atoms with van der Waals surface area (Å²) < 4.78 is 5.56. The second-order valence-corrected chi connectivity index (χ2v) is 5.87. The van der Waals surface area contributed by atoms with E-state index < -0.39 is 11.8 Å². The molecule has 0 atom stereocenters. The summed E-state index contributed by atoms with van der Waals surface area (Å²) in [6, 6.07) is 13.7. The number of ether oxygens (including phenoxy) is 1. The molecule has 0 fully saturated rings. The number of nitrogens with one attached hydrogen (secondary N) is 2. The van der Waals surface area contributed by atoms with Crippen molar-refractivity contribution in [3.63, 3.8) is 0 Å². The first-order valence-electron chi connectivity index (χ1n) is 8.21. The number of rotatable bonds is 7. The molecule has 2 rings (SSSR count). The fourth-order valence-electron chi connectivity index (χ4n) is 1.92. The third kappa shape index (κ3) is 6.57. The second-order valence-electron chi connectivity index (χ2n) is 5.43. The minimum Gasteiger partial charge on any atom is -0.494 e. The number of halogens is 1. The minimum atomic E-state index is -0.865. The first-order valence-corrected chi connectivity index (χ1v) is 8.59. The van der Waals surface area contributed by atoms with Gasteiger partial charge in [-0.1, -0.05) is 24.9 Å². The highest BCUT2D eigenvalue weighted by atomic mass is 35.5. The number of carbonyl (C=O) groups is 2. The third-order valence-electron chi connectivity index (χ3n) is 3.33. The van der Waals surface area contributed by atoms with E-state index in [-0.39, 0.29) is 0 Å². The van der Waals surface area contributed by atoms with Gasteiger partial charge in [-0.05, 0) is 60.5 Å². The molecule has 0 aliphatic heterocycles. The summed E-state index contributed by atoms with van der Waals surface area (Å²) in [6.45, 7) is 2.79. The topological polar surface area (TPSA) is 79.8 Å². The van der Waals surface area contributed by atoms with Crippen LogP contribution in [0.5, 0.6) is 5.75 Å². The average Bonchev–Trinajstić information content (AvgIpc) is 2.65. The normalized spacial score (nSPS) is 10.5. The summed E-state index contributed by atoms with van der Waals surface area (Å²) >= 11 is 5.76. The van der Waals surface area contributed by atoms with Crippen LogP contribution >= 0.6 is 11.6 Å². The van der Waals surface area contributed by atoms with Crippen molar-refractivity contribution in [2.24, 2.45) is 5.10 Å². The highest BCUT2D eigenvalue weighted by Gasteiger charge is 2.12. The molecule has 0 unspecified atom stereocenters. The molecular weight excluding hydrogens is 354 g/mol. The lowest BCUT2D eigenvalue weighted by atomic mass is 10.2. The van der Waals surface area contributed by atoms with Crippen molar-refractivity contribution in [3.8, 4) is 5.75 Å². The number of anilines is 1. The zero-order valence-electron chi connectivity index (χ0n) is 14.4. The number of unbranched alkanes of at least 4 members (excludes halogenated alkanes) is 1. The van der Waals surface area contributed by atoms with Gasteiger partial charge in [-0.15, -0.1) is 0 Å². The summed E-state index contributed by atoms with van der Waals surface area (Å²) in [5.74, 6) is -0.901. The predicted octanol–water partition coefficient (Wildman–Crippen LogP) is 3.61. The van der Waals surface area contributed by atoms with E-state index in [1.54, 1.807) is 24.3 Å². The second kappa shape index (κ2) is 10.2. The van der Waals surface area contributed by atoms with Crippen LogP contribution in [0.15, 0.2) is 53.6 Å². The van der Waals surface area contributed by atoms with Gasteiger partial charge in [0, 0.05) is 10.7 Å². The maximum Gasteiger partial charge on any atom is 0.329 e. The average molecular weight is 374 g/mol. The van der Waals surface area contributed by atoms with Gasteiger partial charge in [-0.2, -0.15) is 5.10 Å². The molecule has 2 amide bonds. The number of hydrogen-bond donors (Lipinski definition) is 2. The van der Waals surface area contributed by atoms with E-state index in [2.05, 4.69) is 22.8 Å². The number of amides is 2. The number of nitrogens with zero attached hydrogens (tertiary/aromatic N) is 1. The molecule has 0 aliphatic rings. The van der Waals surface area contributed by atoms with Crippen molar-refractivity contribution < 1.29 is 14.3 Å². The van der Waals surface area contributed by atoms with E-state index >= 15 is 0 Å². The molecule has 0 saturated carbocycles. The molecule has 2 aromatic carbocycles. The van der Waals surface area contributed by atoms with E-state index in [4.69, 9.17) is 16.3 Å². The largest absolute Gasteiger partial charge is 0.494 e. The lowest BCUT2D eigenvalue weighted by Crippen LogP contribution is -2.32. The third-order valence-corrected chi connectivity index (χ3v) is 3.59. The summed E-state index contributed by atoms with van der Waals surface area (Å²) in [6.07, 6.45) is 3.53. The van der Waals surface area contributed by atoms with Crippen LogP contribution in [0.3, 0.4) is 0 Å². The first kappa shape index (κ1) is 19.5. The lowest BCUT2D eigenvalue weighted by molar-refractivity contribution is -0.136. The van der Waals surface area contributed by atoms with Crippen LogP contribution in [0.2, 0.25) is 5.02 Å². The molecule has 0 saturated heterocycles. The van der Waals surface area contributed by atoms with Crippen molar-refractivity contribution >= 4 is 35.3 Å². The number of benzene rings is 2. The molecule has 0 bridgehead atoms. The van der Waals surface area contributed by atoms with Crippen LogP contribution < -0.4 is 15.5 Å². The van der Waals surface area contributed by atoms with Gasteiger partial charge in [0.1, 0.15) is 5.75 Å². The maximum absolute atomic E-state index is 11.8. The number of carbonyl (C=O) groups excluding carboxylic acids is 2. The molecule has 7 heteroatoms. The van der Waals surface area contributed by atoms with Gasteiger partial charge < -0.3 is 10.1 Å². The van der Waals surface area contributed by atoms with Gasteiger partial charge in [-0.25, -0.2) is 5.43 Å². The fourth-order valence-corrected chi connectivity index (χ4v) is 2.05. The molecule has 136 valence electrons. The van der Waals surface area contributed by atoms with Crippen LogP contribution in [-0.4, -0.2) is 24.6 Å². The molecule has 6 nitrogen and oxygen atoms in total. The van der Waals surface area contributed by atoms with E-state index in [1.165, 1.54) is 6.21 Å². The molecular formula is C19H20ClN3O3. The Morgan fingerprint density at radius 1 is 1.08 bits per heavy atom. The SMILES string of the molecule is CCCCOc1ccc(/C=N\NC(=O)C(=O)Nc2ccc(Cl)cc2)cc1. The van der Waals surface area contributed by atoms with Crippen LogP contribution in [0.25, 0.3) is 0 Å². The van der Waals surface area contributed by atoms with Crippen molar-refractivity contribution in [2.45, 2.75) is 19.8 Å². The predicted molar refractivity (Wildman–Crippen MR) is 103 cm³/mol. The Hall–Kier alpha value is -2.86. The quantitative estimate of drug-likeness (QED) is 0.337. The molecule has 2 aromatic rings. The lowest BCUT2D eigenvalue weighted by Gasteiger charge is -2.05. The molecule has 26 heavy (non-hydrogen) atoms. The van der Waals surface area contributed by atoms with Crippen LogP contribution in [0.4, 0.5) is 5.69 Å². The molecule has 0 spiro atoms. The van der Waals surface area contributed by atoms with E-state index in [9.17, 15) is 9.59 Å². The van der Waals surface area contributed by atoms with Crippen molar-refractivity contribution in [1.29, 1.82) is 0 Å². The summed E-state index contributed by atoms with van der Waals surface area (Å²) in [5, 5.41) is 6.77. The number of hydrazone groups is 1. The molecule has 0 heterocycles. The summed E-state index contributed by atoms with van der Waals surface area (Å²) in [7, 11) is 0. The number of hydrogen-bond acceptors (Lipinski definition) is 4. The van der Waals surface area contributed by atoms with Crippen LogP contribution in [0, 0.1) is 0 Å². The Bertz CT molecular complexity index is 759.